The highest BCUT2D eigenvalue weighted by Gasteiger charge is 2.27. The molecule has 1 unspecified atom stereocenters. The molecule has 6 heteroatoms. The second kappa shape index (κ2) is 9.92. The molecule has 1 amide bonds. The summed E-state index contributed by atoms with van der Waals surface area (Å²) in [5.41, 5.74) is 6.13. The molecule has 0 saturated carbocycles. The van der Waals surface area contributed by atoms with Crippen molar-refractivity contribution in [2.75, 3.05) is 18.5 Å². The number of anilines is 1. The first kappa shape index (κ1) is 24.1. The van der Waals surface area contributed by atoms with Crippen molar-refractivity contribution in [3.8, 4) is 11.5 Å². The van der Waals surface area contributed by atoms with Crippen molar-refractivity contribution in [2.45, 2.75) is 71.9 Å². The van der Waals surface area contributed by atoms with E-state index in [1.54, 1.807) is 0 Å². The first-order valence-electron chi connectivity index (χ1n) is 11.5. The van der Waals surface area contributed by atoms with Crippen LogP contribution in [0.3, 0.4) is 0 Å². The Kier molecular flexibility index (Phi) is 7.47. The van der Waals surface area contributed by atoms with Crippen LogP contribution in [0.2, 0.25) is 0 Å². The van der Waals surface area contributed by atoms with Gasteiger partial charge in [-0.2, -0.15) is 0 Å². The molecule has 1 aliphatic heterocycles. The van der Waals surface area contributed by atoms with Gasteiger partial charge in [0.15, 0.2) is 6.61 Å². The number of benzene rings is 2. The average molecular weight is 441 g/mol. The number of aliphatic hydroxyl groups is 1. The largest absolute Gasteiger partial charge is 0.508 e. The highest BCUT2D eigenvalue weighted by atomic mass is 16.5. The van der Waals surface area contributed by atoms with Gasteiger partial charge in [-0.1, -0.05) is 32.9 Å². The molecular formula is C26H36N2O4. The van der Waals surface area contributed by atoms with Crippen LogP contribution in [0.5, 0.6) is 11.5 Å². The molecule has 0 radical (unpaired) electrons. The molecule has 0 saturated heterocycles. The zero-order chi connectivity index (χ0) is 23.5. The van der Waals surface area contributed by atoms with Crippen LogP contribution < -0.4 is 15.4 Å². The van der Waals surface area contributed by atoms with Crippen LogP contribution in [-0.4, -0.2) is 34.8 Å². The predicted octanol–water partition coefficient (Wildman–Crippen LogP) is 4.05. The van der Waals surface area contributed by atoms with Crippen molar-refractivity contribution in [1.82, 2.24) is 5.32 Å². The van der Waals surface area contributed by atoms with Crippen LogP contribution in [0.4, 0.5) is 5.69 Å². The molecule has 0 aliphatic carbocycles. The Balaban J connectivity index is 1.77. The van der Waals surface area contributed by atoms with E-state index >= 15 is 0 Å². The third-order valence-electron chi connectivity index (χ3n) is 6.14. The van der Waals surface area contributed by atoms with Gasteiger partial charge in [-0.15, -0.1) is 0 Å². The maximum absolute atomic E-state index is 11.6. The zero-order valence-corrected chi connectivity index (χ0v) is 19.8. The Bertz CT molecular complexity index is 959. The summed E-state index contributed by atoms with van der Waals surface area (Å²) in [6, 6.07) is 7.57. The normalized spacial score (nSPS) is 14.5. The molecule has 6 nitrogen and oxygen atoms in total. The van der Waals surface area contributed by atoms with E-state index in [9.17, 15) is 15.0 Å². The number of nitrogens with one attached hydrogen (secondary N) is 2. The Hall–Kier alpha value is -2.57. The van der Waals surface area contributed by atoms with Gasteiger partial charge in [-0.25, -0.2) is 0 Å². The molecular weight excluding hydrogens is 404 g/mol. The summed E-state index contributed by atoms with van der Waals surface area (Å²) in [5.74, 6) is 0.0978. The molecule has 32 heavy (non-hydrogen) atoms. The highest BCUT2D eigenvalue weighted by Crippen LogP contribution is 2.38. The minimum Gasteiger partial charge on any atom is -0.508 e. The number of rotatable bonds is 9. The van der Waals surface area contributed by atoms with Gasteiger partial charge in [-0.05, 0) is 67.9 Å². The molecule has 0 spiro atoms. The quantitative estimate of drug-likeness (QED) is 0.472. The lowest BCUT2D eigenvalue weighted by Crippen LogP contribution is -2.44. The molecule has 2 aromatic rings. The molecule has 0 bridgehead atoms. The SMILES string of the molecule is CCc1cc(CC)c(CC(C)(C)NCC(O)c2cc(O)cc3c2OCC(=O)N3)c(CC)c1. The number of hydrogen-bond acceptors (Lipinski definition) is 5. The summed E-state index contributed by atoms with van der Waals surface area (Å²) in [7, 11) is 0. The number of ether oxygens (including phenoxy) is 1. The van der Waals surface area contributed by atoms with Crippen molar-refractivity contribution in [3.05, 3.63) is 52.1 Å². The Morgan fingerprint density at radius 3 is 2.34 bits per heavy atom. The number of phenols is 1. The molecule has 1 atom stereocenters. The summed E-state index contributed by atoms with van der Waals surface area (Å²) in [6.07, 6.45) is 2.97. The Morgan fingerprint density at radius 2 is 1.75 bits per heavy atom. The maximum Gasteiger partial charge on any atom is 0.262 e. The fourth-order valence-electron chi connectivity index (χ4n) is 4.38. The summed E-state index contributed by atoms with van der Waals surface area (Å²) >= 11 is 0. The van der Waals surface area contributed by atoms with E-state index in [-0.39, 0.29) is 30.3 Å². The first-order valence-corrected chi connectivity index (χ1v) is 11.5. The van der Waals surface area contributed by atoms with Gasteiger partial charge < -0.3 is 25.6 Å². The van der Waals surface area contributed by atoms with Crippen molar-refractivity contribution in [3.63, 3.8) is 0 Å². The standard InChI is InChI=1S/C26H36N2O4/c1-6-16-9-17(7-2)21(18(8-3)10-16)13-26(4,5)27-14-23(30)20-11-19(29)12-22-25(20)32-15-24(31)28-22/h9-12,23,27,29-30H,6-8,13-15H2,1-5H3,(H,28,31). The third kappa shape index (κ3) is 5.43. The van der Waals surface area contributed by atoms with Crippen LogP contribution in [0.1, 0.15) is 68.5 Å². The topological polar surface area (TPSA) is 90.8 Å². The third-order valence-corrected chi connectivity index (χ3v) is 6.14. The lowest BCUT2D eigenvalue weighted by atomic mass is 9.85. The second-order valence-corrected chi connectivity index (χ2v) is 9.16. The van der Waals surface area contributed by atoms with E-state index < -0.39 is 6.10 Å². The Labute approximate surface area is 191 Å². The number of phenolic OH excluding ortho intramolecular Hbond substituents is 1. The molecule has 3 rings (SSSR count). The molecule has 4 N–H and O–H groups in total. The number of fused-ring (bicyclic) bond motifs is 1. The van der Waals surface area contributed by atoms with Gasteiger partial charge in [0.25, 0.3) is 5.91 Å². The van der Waals surface area contributed by atoms with E-state index in [2.05, 4.69) is 57.4 Å². The minimum atomic E-state index is -0.899. The number of carbonyl (C=O) groups is 1. The van der Waals surface area contributed by atoms with E-state index in [4.69, 9.17) is 4.74 Å². The van der Waals surface area contributed by atoms with Gasteiger partial charge in [0.1, 0.15) is 11.5 Å². The first-order chi connectivity index (χ1) is 15.2. The van der Waals surface area contributed by atoms with Crippen LogP contribution in [0, 0.1) is 0 Å². The number of aliphatic hydroxyl groups excluding tert-OH is 1. The molecule has 1 heterocycles. The molecule has 174 valence electrons. The van der Waals surface area contributed by atoms with Crippen LogP contribution in [0.25, 0.3) is 0 Å². The van der Waals surface area contributed by atoms with E-state index in [1.165, 1.54) is 34.4 Å². The Morgan fingerprint density at radius 1 is 1.09 bits per heavy atom. The lowest BCUT2D eigenvalue weighted by Gasteiger charge is -2.31. The highest BCUT2D eigenvalue weighted by molar-refractivity contribution is 5.96. The fraction of sp³-hybridized carbons (Fsp3) is 0.500. The second-order valence-electron chi connectivity index (χ2n) is 9.16. The number of hydrogen-bond donors (Lipinski definition) is 4. The molecule has 2 aromatic carbocycles. The van der Waals surface area contributed by atoms with Gasteiger partial charge in [-0.3, -0.25) is 4.79 Å². The van der Waals surface area contributed by atoms with Crippen molar-refractivity contribution >= 4 is 11.6 Å². The monoisotopic (exact) mass is 440 g/mol. The number of amides is 1. The van der Waals surface area contributed by atoms with Crippen molar-refractivity contribution < 1.29 is 19.7 Å². The van der Waals surface area contributed by atoms with Crippen LogP contribution >= 0.6 is 0 Å². The summed E-state index contributed by atoms with van der Waals surface area (Å²) in [5, 5.41) is 27.1. The van der Waals surface area contributed by atoms with E-state index in [0.29, 0.717) is 17.0 Å². The number of aryl methyl sites for hydroxylation is 3. The van der Waals surface area contributed by atoms with Gasteiger partial charge in [0.05, 0.1) is 11.8 Å². The number of β-amino-alcohol motifs (C(OH)–C–C–N with tert-alkyl or cyclic N) is 1. The summed E-state index contributed by atoms with van der Waals surface area (Å²) in [4.78, 5) is 11.6. The fourth-order valence-corrected chi connectivity index (χ4v) is 4.38. The van der Waals surface area contributed by atoms with Crippen molar-refractivity contribution in [1.29, 1.82) is 0 Å². The predicted molar refractivity (Wildman–Crippen MR) is 128 cm³/mol. The van der Waals surface area contributed by atoms with E-state index in [0.717, 1.165) is 25.7 Å². The lowest BCUT2D eigenvalue weighted by molar-refractivity contribution is -0.118. The smallest absolute Gasteiger partial charge is 0.262 e. The zero-order valence-electron chi connectivity index (χ0n) is 19.8. The van der Waals surface area contributed by atoms with E-state index in [1.807, 2.05) is 0 Å². The van der Waals surface area contributed by atoms with Crippen molar-refractivity contribution in [2.24, 2.45) is 0 Å². The molecule has 0 fully saturated rings. The minimum absolute atomic E-state index is 0.0287. The van der Waals surface area contributed by atoms with Gasteiger partial charge >= 0.3 is 0 Å². The van der Waals surface area contributed by atoms with Crippen LogP contribution in [-0.2, 0) is 30.5 Å². The van der Waals surface area contributed by atoms with Gasteiger partial charge in [0.2, 0.25) is 0 Å². The van der Waals surface area contributed by atoms with Gasteiger partial charge in [0, 0.05) is 23.7 Å². The average Bonchev–Trinajstić information content (AvgIpc) is 2.76. The maximum atomic E-state index is 11.6. The summed E-state index contributed by atoms with van der Waals surface area (Å²) in [6.45, 7) is 11.1. The van der Waals surface area contributed by atoms with Crippen LogP contribution in [0.15, 0.2) is 24.3 Å². The number of carbonyl (C=O) groups excluding carboxylic acids is 1. The molecule has 0 aromatic heterocycles. The summed E-state index contributed by atoms with van der Waals surface area (Å²) < 4.78 is 5.54. The number of aromatic hydroxyl groups is 1. The molecule has 1 aliphatic rings.